The van der Waals surface area contributed by atoms with Crippen molar-refractivity contribution >= 4 is 29.3 Å². The highest BCUT2D eigenvalue weighted by Gasteiger charge is 2.10. The maximum absolute atomic E-state index is 11.4. The summed E-state index contributed by atoms with van der Waals surface area (Å²) in [5.74, 6) is -1.10. The SMILES string of the molecule is Cc1n[nH]c(C)c1NC(=O)CSCC(=O)O. The number of aromatic nitrogens is 2. The van der Waals surface area contributed by atoms with Crippen LogP contribution in [0.4, 0.5) is 5.69 Å². The van der Waals surface area contributed by atoms with Gasteiger partial charge >= 0.3 is 5.97 Å². The summed E-state index contributed by atoms with van der Waals surface area (Å²) >= 11 is 1.06. The van der Waals surface area contributed by atoms with E-state index in [0.717, 1.165) is 17.5 Å². The first kappa shape index (κ1) is 12.6. The zero-order valence-corrected chi connectivity index (χ0v) is 9.85. The number of aryl methyl sites for hydroxylation is 2. The predicted molar refractivity (Wildman–Crippen MR) is 61.7 cm³/mol. The molecule has 6 nitrogen and oxygen atoms in total. The van der Waals surface area contributed by atoms with E-state index in [1.54, 1.807) is 13.8 Å². The van der Waals surface area contributed by atoms with Crippen LogP contribution in [0.2, 0.25) is 0 Å². The molecule has 0 spiro atoms. The Hall–Kier alpha value is -1.50. The first-order valence-corrected chi connectivity index (χ1v) is 5.77. The number of amides is 1. The van der Waals surface area contributed by atoms with Gasteiger partial charge in [0.05, 0.1) is 28.6 Å². The Morgan fingerprint density at radius 3 is 2.62 bits per heavy atom. The number of carboxylic acids is 1. The van der Waals surface area contributed by atoms with E-state index in [1.807, 2.05) is 0 Å². The number of aromatic amines is 1. The molecule has 0 aliphatic heterocycles. The summed E-state index contributed by atoms with van der Waals surface area (Å²) in [5.41, 5.74) is 2.17. The number of nitrogens with one attached hydrogen (secondary N) is 2. The first-order valence-electron chi connectivity index (χ1n) is 4.61. The van der Waals surface area contributed by atoms with Gasteiger partial charge in [0.25, 0.3) is 0 Å². The van der Waals surface area contributed by atoms with Crippen LogP contribution in [0.25, 0.3) is 0 Å². The minimum absolute atomic E-state index is 0.0726. The number of rotatable bonds is 5. The summed E-state index contributed by atoms with van der Waals surface area (Å²) in [4.78, 5) is 21.7. The van der Waals surface area contributed by atoms with Gasteiger partial charge in [0.2, 0.25) is 5.91 Å². The lowest BCUT2D eigenvalue weighted by Crippen LogP contribution is -2.16. The molecular weight excluding hydrogens is 230 g/mol. The highest BCUT2D eigenvalue weighted by atomic mass is 32.2. The lowest BCUT2D eigenvalue weighted by molar-refractivity contribution is -0.133. The number of nitrogens with zero attached hydrogens (tertiary/aromatic N) is 1. The van der Waals surface area contributed by atoms with E-state index in [0.29, 0.717) is 11.4 Å². The van der Waals surface area contributed by atoms with Crippen LogP contribution in [0.3, 0.4) is 0 Å². The third-order valence-corrected chi connectivity index (χ3v) is 2.77. The maximum atomic E-state index is 11.4. The van der Waals surface area contributed by atoms with Gasteiger partial charge in [-0.2, -0.15) is 5.10 Å². The number of hydrogen-bond acceptors (Lipinski definition) is 4. The van der Waals surface area contributed by atoms with Crippen LogP contribution >= 0.6 is 11.8 Å². The third-order valence-electron chi connectivity index (χ3n) is 1.85. The molecule has 1 aromatic rings. The molecule has 1 aromatic heterocycles. The minimum Gasteiger partial charge on any atom is -0.481 e. The minimum atomic E-state index is -0.923. The number of thioether (sulfide) groups is 1. The zero-order valence-electron chi connectivity index (χ0n) is 9.03. The Labute approximate surface area is 96.8 Å². The predicted octanol–water partition coefficient (Wildman–Crippen LogP) is 0.783. The molecule has 1 rings (SSSR count). The largest absolute Gasteiger partial charge is 0.481 e. The Balaban J connectivity index is 2.43. The van der Waals surface area contributed by atoms with E-state index in [-0.39, 0.29) is 17.4 Å². The second kappa shape index (κ2) is 5.55. The van der Waals surface area contributed by atoms with Crippen LogP contribution in [-0.4, -0.2) is 38.7 Å². The molecule has 7 heteroatoms. The summed E-state index contributed by atoms with van der Waals surface area (Å²) in [6.07, 6.45) is 0. The average Bonchev–Trinajstić information content (AvgIpc) is 2.49. The van der Waals surface area contributed by atoms with Gasteiger partial charge in [-0.3, -0.25) is 14.7 Å². The number of anilines is 1. The van der Waals surface area contributed by atoms with Crippen LogP contribution in [0.5, 0.6) is 0 Å². The molecule has 0 atom stereocenters. The van der Waals surface area contributed by atoms with Gasteiger partial charge in [-0.15, -0.1) is 11.8 Å². The molecule has 3 N–H and O–H groups in total. The average molecular weight is 243 g/mol. The van der Waals surface area contributed by atoms with Gasteiger partial charge in [0.1, 0.15) is 0 Å². The second-order valence-corrected chi connectivity index (χ2v) is 4.23. The standard InChI is InChI=1S/C9H13N3O3S/c1-5-9(6(2)12-11-5)10-7(13)3-16-4-8(14)15/h3-4H2,1-2H3,(H,10,13)(H,11,12)(H,14,15). The van der Waals surface area contributed by atoms with Crippen molar-refractivity contribution in [3.8, 4) is 0 Å². The van der Waals surface area contributed by atoms with Gasteiger partial charge in [-0.25, -0.2) is 0 Å². The smallest absolute Gasteiger partial charge is 0.313 e. The monoisotopic (exact) mass is 243 g/mol. The fourth-order valence-electron chi connectivity index (χ4n) is 1.14. The van der Waals surface area contributed by atoms with Gasteiger partial charge in [-0.1, -0.05) is 0 Å². The lowest BCUT2D eigenvalue weighted by Gasteiger charge is -2.03. The van der Waals surface area contributed by atoms with Crippen molar-refractivity contribution < 1.29 is 14.7 Å². The van der Waals surface area contributed by atoms with Crippen molar-refractivity contribution in [2.45, 2.75) is 13.8 Å². The molecule has 0 unspecified atom stereocenters. The fraction of sp³-hybridized carbons (Fsp3) is 0.444. The van der Waals surface area contributed by atoms with E-state index < -0.39 is 5.97 Å². The Kier molecular flexibility index (Phi) is 4.36. The molecule has 0 fully saturated rings. The molecular formula is C9H13N3O3S. The molecule has 0 aliphatic rings. The normalized spacial score (nSPS) is 10.1. The number of carboxylic acid groups (broad SMARTS) is 1. The van der Waals surface area contributed by atoms with Gasteiger partial charge < -0.3 is 10.4 Å². The number of H-pyrrole nitrogens is 1. The Bertz CT molecular complexity index is 383. The molecule has 88 valence electrons. The maximum Gasteiger partial charge on any atom is 0.313 e. The molecule has 0 aromatic carbocycles. The molecule has 0 aliphatic carbocycles. The van der Waals surface area contributed by atoms with Crippen molar-refractivity contribution in [2.75, 3.05) is 16.8 Å². The molecule has 0 saturated heterocycles. The van der Waals surface area contributed by atoms with Gasteiger partial charge in [0, 0.05) is 0 Å². The molecule has 0 saturated carbocycles. The quantitative estimate of drug-likeness (QED) is 0.710. The fourth-order valence-corrected chi connectivity index (χ4v) is 1.68. The molecule has 0 bridgehead atoms. The number of carbonyl (C=O) groups excluding carboxylic acids is 1. The van der Waals surface area contributed by atoms with Crippen molar-refractivity contribution in [3.63, 3.8) is 0 Å². The van der Waals surface area contributed by atoms with E-state index in [2.05, 4.69) is 15.5 Å². The van der Waals surface area contributed by atoms with Gasteiger partial charge in [0.15, 0.2) is 0 Å². The van der Waals surface area contributed by atoms with Gasteiger partial charge in [-0.05, 0) is 13.8 Å². The van der Waals surface area contributed by atoms with Crippen LogP contribution in [0, 0.1) is 13.8 Å². The van der Waals surface area contributed by atoms with Crippen molar-refractivity contribution in [3.05, 3.63) is 11.4 Å². The summed E-state index contributed by atoms with van der Waals surface area (Å²) in [6.45, 7) is 3.59. The Morgan fingerprint density at radius 2 is 2.12 bits per heavy atom. The van der Waals surface area contributed by atoms with Crippen molar-refractivity contribution in [1.29, 1.82) is 0 Å². The van der Waals surface area contributed by atoms with E-state index in [4.69, 9.17) is 5.11 Å². The molecule has 1 amide bonds. The highest BCUT2D eigenvalue weighted by Crippen LogP contribution is 2.16. The second-order valence-electron chi connectivity index (χ2n) is 3.24. The van der Waals surface area contributed by atoms with Crippen molar-refractivity contribution in [2.24, 2.45) is 0 Å². The van der Waals surface area contributed by atoms with Crippen LogP contribution in [0.1, 0.15) is 11.4 Å². The lowest BCUT2D eigenvalue weighted by atomic mass is 10.3. The number of hydrogen-bond donors (Lipinski definition) is 3. The first-order chi connectivity index (χ1) is 7.50. The summed E-state index contributed by atoms with van der Waals surface area (Å²) < 4.78 is 0. The summed E-state index contributed by atoms with van der Waals surface area (Å²) in [6, 6.07) is 0. The van der Waals surface area contributed by atoms with Crippen LogP contribution in [0.15, 0.2) is 0 Å². The van der Waals surface area contributed by atoms with Crippen LogP contribution < -0.4 is 5.32 Å². The Morgan fingerprint density at radius 1 is 1.44 bits per heavy atom. The molecule has 0 radical (unpaired) electrons. The van der Waals surface area contributed by atoms with E-state index >= 15 is 0 Å². The summed E-state index contributed by atoms with van der Waals surface area (Å²) in [5, 5.41) is 17.8. The molecule has 16 heavy (non-hydrogen) atoms. The summed E-state index contributed by atoms with van der Waals surface area (Å²) in [7, 11) is 0. The highest BCUT2D eigenvalue weighted by molar-refractivity contribution is 8.00. The topological polar surface area (TPSA) is 95.1 Å². The zero-order chi connectivity index (χ0) is 12.1. The third kappa shape index (κ3) is 3.58. The van der Waals surface area contributed by atoms with Crippen LogP contribution in [-0.2, 0) is 9.59 Å². The van der Waals surface area contributed by atoms with E-state index in [1.165, 1.54) is 0 Å². The number of aliphatic carboxylic acids is 1. The van der Waals surface area contributed by atoms with E-state index in [9.17, 15) is 9.59 Å². The van der Waals surface area contributed by atoms with Crippen molar-refractivity contribution in [1.82, 2.24) is 10.2 Å². The number of carbonyl (C=O) groups is 2. The molecule has 1 heterocycles.